The lowest BCUT2D eigenvalue weighted by molar-refractivity contribution is -0.119. The Morgan fingerprint density at radius 3 is 2.81 bits per heavy atom. The Balaban J connectivity index is 2.74. The van der Waals surface area contributed by atoms with Crippen molar-refractivity contribution in [1.29, 1.82) is 5.26 Å². The Morgan fingerprint density at radius 1 is 1.57 bits per heavy atom. The Hall–Kier alpha value is -2.62. The molecule has 21 heavy (non-hydrogen) atoms. The SMILES string of the molecule is CC(=O)NC(C)(C)/C(N)=N/OCc1ccc(F)cc1C#N. The number of amidine groups is 1. The zero-order chi connectivity index (χ0) is 16.0. The molecular formula is C14H17FN4O2. The number of nitriles is 1. The van der Waals surface area contributed by atoms with Crippen LogP contribution in [0.25, 0.3) is 0 Å². The number of amides is 1. The van der Waals surface area contributed by atoms with Gasteiger partial charge in [-0.15, -0.1) is 0 Å². The summed E-state index contributed by atoms with van der Waals surface area (Å²) in [5, 5.41) is 15.2. The van der Waals surface area contributed by atoms with E-state index in [1.807, 2.05) is 6.07 Å². The Labute approximate surface area is 122 Å². The van der Waals surface area contributed by atoms with Crippen molar-refractivity contribution < 1.29 is 14.0 Å². The van der Waals surface area contributed by atoms with Gasteiger partial charge in [0.05, 0.1) is 17.2 Å². The lowest BCUT2D eigenvalue weighted by atomic mass is 10.0. The molecule has 0 aliphatic carbocycles. The van der Waals surface area contributed by atoms with Crippen molar-refractivity contribution in [2.75, 3.05) is 0 Å². The molecule has 0 bridgehead atoms. The van der Waals surface area contributed by atoms with E-state index in [9.17, 15) is 9.18 Å². The highest BCUT2D eigenvalue weighted by Crippen LogP contribution is 2.12. The summed E-state index contributed by atoms with van der Waals surface area (Å²) in [6.45, 7) is 4.69. The molecule has 0 aliphatic rings. The van der Waals surface area contributed by atoms with Gasteiger partial charge >= 0.3 is 0 Å². The van der Waals surface area contributed by atoms with Gasteiger partial charge in [0, 0.05) is 12.5 Å². The highest BCUT2D eigenvalue weighted by atomic mass is 19.1. The Bertz CT molecular complexity index is 605. The molecule has 0 spiro atoms. The van der Waals surface area contributed by atoms with E-state index in [4.69, 9.17) is 15.8 Å². The monoisotopic (exact) mass is 292 g/mol. The summed E-state index contributed by atoms with van der Waals surface area (Å²) in [7, 11) is 0. The quantitative estimate of drug-likeness (QED) is 0.486. The maximum atomic E-state index is 13.0. The molecule has 3 N–H and O–H groups in total. The molecule has 1 aromatic carbocycles. The fraction of sp³-hybridized carbons (Fsp3) is 0.357. The number of hydrogen-bond donors (Lipinski definition) is 2. The van der Waals surface area contributed by atoms with Crippen LogP contribution in [0.15, 0.2) is 23.4 Å². The summed E-state index contributed by atoms with van der Waals surface area (Å²) in [4.78, 5) is 16.1. The normalized spacial score (nSPS) is 11.7. The van der Waals surface area contributed by atoms with Crippen LogP contribution in [0.4, 0.5) is 4.39 Å². The Kier molecular flexibility index (Phi) is 5.24. The number of nitrogens with two attached hydrogens (primary N) is 1. The van der Waals surface area contributed by atoms with Crippen LogP contribution >= 0.6 is 0 Å². The first-order valence-electron chi connectivity index (χ1n) is 6.19. The van der Waals surface area contributed by atoms with Gasteiger partial charge in [0.1, 0.15) is 12.4 Å². The molecule has 1 aromatic rings. The molecule has 1 rings (SSSR count). The number of carbonyl (C=O) groups excluding carboxylic acids is 1. The van der Waals surface area contributed by atoms with Crippen molar-refractivity contribution in [3.05, 3.63) is 35.1 Å². The van der Waals surface area contributed by atoms with Gasteiger partial charge in [-0.2, -0.15) is 5.26 Å². The van der Waals surface area contributed by atoms with Crippen molar-refractivity contribution in [3.63, 3.8) is 0 Å². The molecule has 0 fully saturated rings. The zero-order valence-corrected chi connectivity index (χ0v) is 12.1. The lowest BCUT2D eigenvalue weighted by Crippen LogP contribution is -2.52. The van der Waals surface area contributed by atoms with Gasteiger partial charge in [-0.05, 0) is 26.0 Å². The predicted octanol–water partition coefficient (Wildman–Crippen LogP) is 1.40. The summed E-state index contributed by atoms with van der Waals surface area (Å²) >= 11 is 0. The van der Waals surface area contributed by atoms with Crippen LogP contribution in [-0.2, 0) is 16.2 Å². The molecule has 0 saturated carbocycles. The lowest BCUT2D eigenvalue weighted by Gasteiger charge is -2.24. The van der Waals surface area contributed by atoms with E-state index in [1.165, 1.54) is 19.1 Å². The minimum absolute atomic E-state index is 0.0278. The summed E-state index contributed by atoms with van der Waals surface area (Å²) in [6, 6.07) is 5.67. The number of rotatable bonds is 5. The van der Waals surface area contributed by atoms with Crippen LogP contribution in [0.1, 0.15) is 31.9 Å². The number of oxime groups is 1. The standard InChI is InChI=1S/C14H17FN4O2/c1-9(20)18-14(2,3)13(17)19-21-8-10-4-5-12(15)6-11(10)7-16/h4-6H,8H2,1-3H3,(H2,17,19)(H,18,20). The first-order valence-corrected chi connectivity index (χ1v) is 6.19. The van der Waals surface area contributed by atoms with Crippen LogP contribution in [0.5, 0.6) is 0 Å². The third-order valence-electron chi connectivity index (χ3n) is 2.70. The zero-order valence-electron chi connectivity index (χ0n) is 12.1. The second-order valence-electron chi connectivity index (χ2n) is 4.97. The molecule has 0 heterocycles. The van der Waals surface area contributed by atoms with E-state index in [0.717, 1.165) is 6.07 Å². The number of benzene rings is 1. The highest BCUT2D eigenvalue weighted by Gasteiger charge is 2.24. The summed E-state index contributed by atoms with van der Waals surface area (Å²) in [6.07, 6.45) is 0. The van der Waals surface area contributed by atoms with Crippen LogP contribution in [0, 0.1) is 17.1 Å². The maximum Gasteiger partial charge on any atom is 0.217 e. The molecular weight excluding hydrogens is 275 g/mol. The van der Waals surface area contributed by atoms with Gasteiger partial charge in [-0.1, -0.05) is 11.2 Å². The van der Waals surface area contributed by atoms with E-state index < -0.39 is 11.4 Å². The molecule has 0 unspecified atom stereocenters. The largest absolute Gasteiger partial charge is 0.389 e. The van der Waals surface area contributed by atoms with Crippen molar-refractivity contribution in [2.45, 2.75) is 32.9 Å². The van der Waals surface area contributed by atoms with Crippen LogP contribution in [-0.4, -0.2) is 17.3 Å². The van der Waals surface area contributed by atoms with Crippen LogP contribution in [0.2, 0.25) is 0 Å². The van der Waals surface area contributed by atoms with E-state index in [-0.39, 0.29) is 23.9 Å². The molecule has 0 saturated heterocycles. The topological polar surface area (TPSA) is 100 Å². The van der Waals surface area contributed by atoms with Gasteiger partial charge in [-0.3, -0.25) is 4.79 Å². The number of hydrogen-bond acceptors (Lipinski definition) is 4. The van der Waals surface area contributed by atoms with Gasteiger partial charge in [0.15, 0.2) is 5.84 Å². The van der Waals surface area contributed by atoms with E-state index >= 15 is 0 Å². The van der Waals surface area contributed by atoms with Crippen LogP contribution < -0.4 is 11.1 Å². The third-order valence-corrected chi connectivity index (χ3v) is 2.70. The minimum atomic E-state index is -0.854. The molecule has 1 amide bonds. The Morgan fingerprint density at radius 2 is 2.24 bits per heavy atom. The summed E-state index contributed by atoms with van der Waals surface area (Å²) < 4.78 is 13.0. The predicted molar refractivity (Wildman–Crippen MR) is 75.4 cm³/mol. The van der Waals surface area contributed by atoms with Crippen molar-refractivity contribution in [3.8, 4) is 6.07 Å². The molecule has 0 atom stereocenters. The molecule has 0 radical (unpaired) electrons. The first-order chi connectivity index (χ1) is 9.76. The number of nitrogens with zero attached hydrogens (tertiary/aromatic N) is 2. The maximum absolute atomic E-state index is 13.0. The van der Waals surface area contributed by atoms with E-state index in [0.29, 0.717) is 5.56 Å². The average molecular weight is 292 g/mol. The van der Waals surface area contributed by atoms with Crippen LogP contribution in [0.3, 0.4) is 0 Å². The van der Waals surface area contributed by atoms with E-state index in [2.05, 4.69) is 10.5 Å². The fourth-order valence-corrected chi connectivity index (χ4v) is 1.57. The van der Waals surface area contributed by atoms with Gasteiger partial charge < -0.3 is 15.9 Å². The molecule has 7 heteroatoms. The molecule has 0 aromatic heterocycles. The van der Waals surface area contributed by atoms with Crippen molar-refractivity contribution in [1.82, 2.24) is 5.32 Å². The highest BCUT2D eigenvalue weighted by molar-refractivity contribution is 5.92. The fourth-order valence-electron chi connectivity index (χ4n) is 1.57. The summed E-state index contributed by atoms with van der Waals surface area (Å²) in [5.74, 6) is -0.660. The first kappa shape index (κ1) is 16.4. The van der Waals surface area contributed by atoms with E-state index in [1.54, 1.807) is 13.8 Å². The number of nitrogens with one attached hydrogen (secondary N) is 1. The minimum Gasteiger partial charge on any atom is -0.389 e. The summed E-state index contributed by atoms with van der Waals surface area (Å²) in [5.41, 5.74) is 5.55. The number of carbonyl (C=O) groups is 1. The van der Waals surface area contributed by atoms with Gasteiger partial charge in [-0.25, -0.2) is 4.39 Å². The van der Waals surface area contributed by atoms with Crippen molar-refractivity contribution in [2.24, 2.45) is 10.9 Å². The molecule has 0 aliphatic heterocycles. The van der Waals surface area contributed by atoms with Gasteiger partial charge in [0.2, 0.25) is 5.91 Å². The van der Waals surface area contributed by atoms with Gasteiger partial charge in [0.25, 0.3) is 0 Å². The molecule has 112 valence electrons. The average Bonchev–Trinajstić information content (AvgIpc) is 2.38. The number of halogens is 1. The van der Waals surface area contributed by atoms with Crippen molar-refractivity contribution >= 4 is 11.7 Å². The smallest absolute Gasteiger partial charge is 0.217 e. The second kappa shape index (κ2) is 6.70. The third kappa shape index (κ3) is 4.76. The molecule has 6 nitrogen and oxygen atoms in total. The second-order valence-corrected chi connectivity index (χ2v) is 4.97.